The van der Waals surface area contributed by atoms with Crippen LogP contribution in [0.15, 0.2) is 30.3 Å². The van der Waals surface area contributed by atoms with Crippen LogP contribution >= 0.6 is 0 Å². The zero-order valence-electron chi connectivity index (χ0n) is 13.2. The van der Waals surface area contributed by atoms with Crippen LogP contribution in [-0.4, -0.2) is 32.0 Å². The normalized spacial score (nSPS) is 27.8. The summed E-state index contributed by atoms with van der Waals surface area (Å²) in [6.45, 7) is 9.84. The maximum absolute atomic E-state index is 10.3. The predicted molar refractivity (Wildman–Crippen MR) is 87.1 cm³/mol. The number of benzene rings is 1. The van der Waals surface area contributed by atoms with Crippen molar-refractivity contribution in [3.63, 3.8) is 0 Å². The second kappa shape index (κ2) is 6.42. The van der Waals surface area contributed by atoms with Crippen LogP contribution < -0.4 is 5.19 Å². The number of aliphatic hydroxyl groups excluding tert-OH is 1. The molecule has 1 aromatic rings. The summed E-state index contributed by atoms with van der Waals surface area (Å²) in [4.78, 5) is 0. The van der Waals surface area contributed by atoms with Gasteiger partial charge in [-0.1, -0.05) is 62.5 Å². The van der Waals surface area contributed by atoms with Gasteiger partial charge in [-0.3, -0.25) is 0 Å². The third kappa shape index (κ3) is 3.71. The Labute approximate surface area is 124 Å². The van der Waals surface area contributed by atoms with Gasteiger partial charge in [0.1, 0.15) is 0 Å². The van der Waals surface area contributed by atoms with Crippen LogP contribution in [-0.2, 0) is 4.74 Å². The van der Waals surface area contributed by atoms with E-state index in [-0.39, 0.29) is 12.2 Å². The van der Waals surface area contributed by atoms with Gasteiger partial charge in [-0.25, -0.2) is 0 Å². The summed E-state index contributed by atoms with van der Waals surface area (Å²) in [5.74, 6) is 0.790. The van der Waals surface area contributed by atoms with Gasteiger partial charge >= 0.3 is 0 Å². The number of rotatable bonds is 4. The minimum atomic E-state index is -1.48. The highest BCUT2D eigenvalue weighted by atomic mass is 28.3. The molecule has 0 aromatic heterocycles. The van der Waals surface area contributed by atoms with Crippen molar-refractivity contribution in [3.8, 4) is 0 Å². The number of hydrogen-bond donors (Lipinski definition) is 1. The minimum absolute atomic E-state index is 0.200. The van der Waals surface area contributed by atoms with E-state index in [1.807, 2.05) is 0 Å². The van der Waals surface area contributed by atoms with E-state index in [0.29, 0.717) is 18.4 Å². The Morgan fingerprint density at radius 1 is 1.25 bits per heavy atom. The molecule has 112 valence electrons. The SMILES string of the molecule is CC(C)[C@@H]1CO[C@@H](C[Si](C)(C)c2ccccc2)C[C@H]1O. The van der Waals surface area contributed by atoms with Crippen molar-refractivity contribution < 1.29 is 9.84 Å². The molecule has 1 heterocycles. The average molecular weight is 292 g/mol. The first-order chi connectivity index (χ1) is 9.40. The van der Waals surface area contributed by atoms with Crippen molar-refractivity contribution in [3.05, 3.63) is 30.3 Å². The average Bonchev–Trinajstić information content (AvgIpc) is 2.39. The van der Waals surface area contributed by atoms with Crippen LogP contribution in [0, 0.1) is 11.8 Å². The molecule has 0 aliphatic carbocycles. The van der Waals surface area contributed by atoms with Gasteiger partial charge < -0.3 is 9.84 Å². The van der Waals surface area contributed by atoms with Gasteiger partial charge in [-0.2, -0.15) is 0 Å². The van der Waals surface area contributed by atoms with Crippen LogP contribution in [0.5, 0.6) is 0 Å². The van der Waals surface area contributed by atoms with Crippen LogP contribution in [0.25, 0.3) is 0 Å². The van der Waals surface area contributed by atoms with Gasteiger partial charge in [-0.15, -0.1) is 0 Å². The Morgan fingerprint density at radius 2 is 1.90 bits per heavy atom. The van der Waals surface area contributed by atoms with Crippen molar-refractivity contribution in [1.82, 2.24) is 0 Å². The van der Waals surface area contributed by atoms with E-state index >= 15 is 0 Å². The molecule has 0 unspecified atom stereocenters. The molecule has 1 aliphatic heterocycles. The number of aliphatic hydroxyl groups is 1. The molecule has 3 atom stereocenters. The lowest BCUT2D eigenvalue weighted by molar-refractivity contribution is -0.0890. The molecule has 1 saturated heterocycles. The Balaban J connectivity index is 1.98. The highest BCUT2D eigenvalue weighted by Gasteiger charge is 2.35. The summed E-state index contributed by atoms with van der Waals surface area (Å²) < 4.78 is 6.05. The lowest BCUT2D eigenvalue weighted by Gasteiger charge is -2.38. The van der Waals surface area contributed by atoms with Gasteiger partial charge in [0.05, 0.1) is 26.9 Å². The third-order valence-corrected chi connectivity index (χ3v) is 8.04. The zero-order chi connectivity index (χ0) is 14.8. The molecule has 3 heteroatoms. The van der Waals surface area contributed by atoms with Gasteiger partial charge in [0.2, 0.25) is 0 Å². The molecule has 2 nitrogen and oxygen atoms in total. The van der Waals surface area contributed by atoms with Crippen LogP contribution in [0.2, 0.25) is 19.1 Å². The zero-order valence-corrected chi connectivity index (χ0v) is 14.2. The second-order valence-corrected chi connectivity index (χ2v) is 11.9. The monoisotopic (exact) mass is 292 g/mol. The Kier molecular flexibility index (Phi) is 5.05. The van der Waals surface area contributed by atoms with Crippen LogP contribution in [0.4, 0.5) is 0 Å². The van der Waals surface area contributed by atoms with Gasteiger partial charge in [-0.05, 0) is 18.4 Å². The van der Waals surface area contributed by atoms with Crippen LogP contribution in [0.3, 0.4) is 0 Å². The molecule has 1 fully saturated rings. The van der Waals surface area contributed by atoms with E-state index in [9.17, 15) is 5.11 Å². The van der Waals surface area contributed by atoms with E-state index in [4.69, 9.17) is 4.74 Å². The minimum Gasteiger partial charge on any atom is -0.393 e. The molecule has 20 heavy (non-hydrogen) atoms. The van der Waals surface area contributed by atoms with Crippen molar-refractivity contribution in [2.24, 2.45) is 11.8 Å². The fourth-order valence-electron chi connectivity index (χ4n) is 3.23. The molecule has 0 spiro atoms. The summed E-state index contributed by atoms with van der Waals surface area (Å²) in [6, 6.07) is 11.9. The van der Waals surface area contributed by atoms with Gasteiger partial charge in [0.25, 0.3) is 0 Å². The molecule has 0 bridgehead atoms. The first-order valence-electron chi connectivity index (χ1n) is 7.75. The summed E-state index contributed by atoms with van der Waals surface area (Å²) in [7, 11) is -1.48. The van der Waals surface area contributed by atoms with E-state index in [1.54, 1.807) is 0 Å². The summed E-state index contributed by atoms with van der Waals surface area (Å²) in [5.41, 5.74) is 0. The van der Waals surface area contributed by atoms with E-state index < -0.39 is 8.07 Å². The molecule has 1 N–H and O–H groups in total. The fourth-order valence-corrected chi connectivity index (χ4v) is 5.98. The second-order valence-electron chi connectivity index (χ2n) is 7.12. The smallest absolute Gasteiger partial charge is 0.0831 e. The molecule has 0 saturated carbocycles. The van der Waals surface area contributed by atoms with E-state index in [2.05, 4.69) is 57.3 Å². The third-order valence-electron chi connectivity index (χ3n) is 4.67. The number of ether oxygens (including phenoxy) is 1. The first kappa shape index (κ1) is 15.7. The quantitative estimate of drug-likeness (QED) is 0.864. The summed E-state index contributed by atoms with van der Waals surface area (Å²) in [5, 5.41) is 11.8. The largest absolute Gasteiger partial charge is 0.393 e. The van der Waals surface area contributed by atoms with Crippen molar-refractivity contribution >= 4 is 13.3 Å². The maximum Gasteiger partial charge on any atom is 0.0831 e. The molecule has 1 aliphatic rings. The van der Waals surface area contributed by atoms with Crippen molar-refractivity contribution in [2.45, 2.75) is 51.6 Å². The van der Waals surface area contributed by atoms with Gasteiger partial charge in [0, 0.05) is 5.92 Å². The highest BCUT2D eigenvalue weighted by Crippen LogP contribution is 2.29. The Bertz CT molecular complexity index is 416. The van der Waals surface area contributed by atoms with E-state index in [0.717, 1.165) is 12.5 Å². The van der Waals surface area contributed by atoms with Gasteiger partial charge in [0.15, 0.2) is 0 Å². The lowest BCUT2D eigenvalue weighted by Crippen LogP contribution is -2.48. The topological polar surface area (TPSA) is 29.5 Å². The maximum atomic E-state index is 10.3. The van der Waals surface area contributed by atoms with Crippen molar-refractivity contribution in [1.29, 1.82) is 0 Å². The summed E-state index contributed by atoms with van der Waals surface area (Å²) in [6.07, 6.45) is 0.822. The Morgan fingerprint density at radius 3 is 2.45 bits per heavy atom. The number of hydrogen-bond acceptors (Lipinski definition) is 2. The molecule has 1 aromatic carbocycles. The molecule has 0 amide bonds. The predicted octanol–water partition coefficient (Wildman–Crippen LogP) is 3.02. The fraction of sp³-hybridized carbons (Fsp3) is 0.647. The van der Waals surface area contributed by atoms with E-state index in [1.165, 1.54) is 5.19 Å². The standard InChI is InChI=1S/C17H28O2Si/c1-13(2)16-11-19-14(10-17(16)18)12-20(3,4)15-8-6-5-7-9-15/h5-9,13-14,16-18H,10-12H2,1-4H3/t14-,16+,17-/m1/s1. The summed E-state index contributed by atoms with van der Waals surface area (Å²) >= 11 is 0. The van der Waals surface area contributed by atoms with Crippen molar-refractivity contribution in [2.75, 3.05) is 6.61 Å². The first-order valence-corrected chi connectivity index (χ1v) is 11.0. The molecule has 2 rings (SSSR count). The lowest BCUT2D eigenvalue weighted by atomic mass is 9.86. The van der Waals surface area contributed by atoms with Crippen LogP contribution in [0.1, 0.15) is 20.3 Å². The molecular formula is C17H28O2Si. The molecular weight excluding hydrogens is 264 g/mol. The Hall–Kier alpha value is -0.643. The molecule has 0 radical (unpaired) electrons. The highest BCUT2D eigenvalue weighted by molar-refractivity contribution is 6.89.